The summed E-state index contributed by atoms with van der Waals surface area (Å²) in [6, 6.07) is 0. The van der Waals surface area contributed by atoms with Crippen LogP contribution in [0.3, 0.4) is 0 Å². The van der Waals surface area contributed by atoms with Crippen molar-refractivity contribution < 1.29 is 37.6 Å². The summed E-state index contributed by atoms with van der Waals surface area (Å²) in [5.41, 5.74) is 5.39. The van der Waals surface area contributed by atoms with Gasteiger partial charge in [-0.25, -0.2) is 4.57 Å². The highest BCUT2D eigenvalue weighted by atomic mass is 31.2. The molecule has 2 atom stereocenters. The number of phosphoric acid groups is 1. The maximum atomic E-state index is 12.7. The summed E-state index contributed by atoms with van der Waals surface area (Å²) in [6.45, 7) is 3.64. The summed E-state index contributed by atoms with van der Waals surface area (Å²) >= 11 is 0. The first kappa shape index (κ1) is 75.7. The van der Waals surface area contributed by atoms with E-state index in [4.69, 9.17) is 24.3 Å². The van der Waals surface area contributed by atoms with Crippen LogP contribution < -0.4 is 5.73 Å². The average molecular weight is 1120 g/mol. The van der Waals surface area contributed by atoms with E-state index in [1.165, 1.54) is 161 Å². The number of phosphoric ester groups is 1. The first-order valence-corrected chi connectivity index (χ1v) is 33.9. The van der Waals surface area contributed by atoms with Crippen molar-refractivity contribution in [1.29, 1.82) is 0 Å². The monoisotopic (exact) mass is 1120 g/mol. The predicted molar refractivity (Wildman–Crippen MR) is 339 cm³/mol. The van der Waals surface area contributed by atoms with E-state index in [9.17, 15) is 19.0 Å². The minimum Gasteiger partial charge on any atom is -0.462 e. The van der Waals surface area contributed by atoms with E-state index in [0.717, 1.165) is 89.9 Å². The lowest BCUT2D eigenvalue weighted by Gasteiger charge is -2.19. The molecule has 0 aromatic carbocycles. The number of nitrogens with two attached hydrogens (primary N) is 1. The molecule has 0 saturated carbocycles. The molecule has 79 heavy (non-hydrogen) atoms. The molecule has 0 aliphatic rings. The Balaban J connectivity index is 3.94. The van der Waals surface area contributed by atoms with Gasteiger partial charge in [0.25, 0.3) is 0 Å². The zero-order valence-electron chi connectivity index (χ0n) is 50.8. The van der Waals surface area contributed by atoms with E-state index >= 15 is 0 Å². The highest BCUT2D eigenvalue weighted by Gasteiger charge is 2.26. The van der Waals surface area contributed by atoms with Gasteiger partial charge in [-0.15, -0.1) is 0 Å². The van der Waals surface area contributed by atoms with Gasteiger partial charge >= 0.3 is 19.8 Å². The van der Waals surface area contributed by atoms with Crippen LogP contribution in [-0.4, -0.2) is 49.3 Å². The summed E-state index contributed by atoms with van der Waals surface area (Å²) in [5, 5.41) is 0. The van der Waals surface area contributed by atoms with E-state index in [1.54, 1.807) is 0 Å². The van der Waals surface area contributed by atoms with Crippen LogP contribution in [0.2, 0.25) is 0 Å². The molecule has 10 heteroatoms. The summed E-state index contributed by atoms with van der Waals surface area (Å²) in [7, 11) is -4.40. The molecule has 0 radical (unpaired) electrons. The van der Waals surface area contributed by atoms with Gasteiger partial charge in [-0.2, -0.15) is 0 Å². The Kier molecular flexibility index (Phi) is 61.2. The second-order valence-corrected chi connectivity index (χ2v) is 22.7. The molecule has 0 amide bonds. The highest BCUT2D eigenvalue weighted by Crippen LogP contribution is 2.43. The average Bonchev–Trinajstić information content (AvgIpc) is 3.44. The molecule has 0 saturated heterocycles. The summed E-state index contributed by atoms with van der Waals surface area (Å²) < 4.78 is 33.1. The number of ether oxygens (including phenoxy) is 2. The fourth-order valence-electron chi connectivity index (χ4n) is 8.88. The van der Waals surface area contributed by atoms with Crippen LogP contribution >= 0.6 is 7.82 Å². The van der Waals surface area contributed by atoms with Gasteiger partial charge in [0.05, 0.1) is 13.2 Å². The van der Waals surface area contributed by atoms with Crippen molar-refractivity contribution in [3.63, 3.8) is 0 Å². The third kappa shape index (κ3) is 63.7. The zero-order chi connectivity index (χ0) is 57.3. The van der Waals surface area contributed by atoms with E-state index in [-0.39, 0.29) is 38.6 Å². The SMILES string of the molecule is CC/C=C\C/C=C\C/C=C\C/C=C\C/C=C\C/C=C\C/C=C\CCCCCCCCCCCCCCCC(=O)OC(COC(=O)CCCCCCCCCCCCC/C=C\C/C=C\CCCCCCC)COP(=O)(O)OCCN. The Morgan fingerprint density at radius 3 is 1.04 bits per heavy atom. The second kappa shape index (κ2) is 63.8. The van der Waals surface area contributed by atoms with Crippen LogP contribution in [0.4, 0.5) is 0 Å². The third-order valence-electron chi connectivity index (χ3n) is 13.6. The van der Waals surface area contributed by atoms with Crippen LogP contribution in [0.1, 0.15) is 284 Å². The molecule has 0 aromatic rings. The third-order valence-corrected chi connectivity index (χ3v) is 14.6. The van der Waals surface area contributed by atoms with E-state index in [2.05, 4.69) is 123 Å². The van der Waals surface area contributed by atoms with Gasteiger partial charge in [0, 0.05) is 19.4 Å². The van der Waals surface area contributed by atoms with Crippen molar-refractivity contribution in [1.82, 2.24) is 0 Å². The number of hydrogen-bond donors (Lipinski definition) is 2. The molecule has 0 bridgehead atoms. The van der Waals surface area contributed by atoms with E-state index in [1.807, 2.05) is 0 Å². The lowest BCUT2D eigenvalue weighted by molar-refractivity contribution is -0.161. The maximum Gasteiger partial charge on any atom is 0.472 e. The Labute approximate surface area is 486 Å². The first-order chi connectivity index (χ1) is 38.8. The molecule has 0 fully saturated rings. The predicted octanol–water partition coefficient (Wildman–Crippen LogP) is 21.0. The summed E-state index contributed by atoms with van der Waals surface area (Å²) in [6.07, 6.45) is 87.3. The Bertz CT molecular complexity index is 1660. The fourth-order valence-corrected chi connectivity index (χ4v) is 9.65. The van der Waals surface area contributed by atoms with Gasteiger partial charge in [0.15, 0.2) is 6.10 Å². The van der Waals surface area contributed by atoms with Gasteiger partial charge < -0.3 is 20.1 Å². The number of carbonyl (C=O) groups is 2. The van der Waals surface area contributed by atoms with Gasteiger partial charge in [0.2, 0.25) is 0 Å². The smallest absolute Gasteiger partial charge is 0.462 e. The Morgan fingerprint density at radius 1 is 0.392 bits per heavy atom. The minimum atomic E-state index is -4.40. The molecule has 0 aliphatic heterocycles. The Hall–Kier alpha value is -3.33. The number of carbonyl (C=O) groups excluding carboxylic acids is 2. The largest absolute Gasteiger partial charge is 0.472 e. The van der Waals surface area contributed by atoms with Crippen LogP contribution in [0.15, 0.2) is 109 Å². The first-order valence-electron chi connectivity index (χ1n) is 32.4. The minimum absolute atomic E-state index is 0.0494. The van der Waals surface area contributed by atoms with Gasteiger partial charge in [-0.3, -0.25) is 18.6 Å². The van der Waals surface area contributed by atoms with Crippen LogP contribution in [-0.2, 0) is 32.7 Å². The van der Waals surface area contributed by atoms with E-state index < -0.39 is 26.5 Å². The van der Waals surface area contributed by atoms with Crippen molar-refractivity contribution in [2.75, 3.05) is 26.4 Å². The molecular weight excluding hydrogens is 1000 g/mol. The topological polar surface area (TPSA) is 134 Å². The van der Waals surface area contributed by atoms with Crippen molar-refractivity contribution in [3.8, 4) is 0 Å². The van der Waals surface area contributed by atoms with Crippen LogP contribution in [0, 0.1) is 0 Å². The Morgan fingerprint density at radius 2 is 0.696 bits per heavy atom. The number of esters is 2. The molecule has 0 heterocycles. The standard InChI is InChI=1S/C69H120NO8P/c1-3-5-7-9-11-13-15-17-19-21-23-25-27-28-29-30-31-32-33-34-35-36-37-38-40-42-44-46-48-50-52-54-56-58-60-62-69(72)78-67(66-77-79(73,74)76-64-63-70)65-75-68(71)61-59-57-55-53-51-49-47-45-43-41-39-26-24-22-20-18-16-14-12-10-8-6-4-2/h5,7,11,13,16-19,22-25,28-29,31-32,34-35,67H,3-4,6,8-10,12,14-15,20-21,26-27,30,33,36-66,70H2,1-2H3,(H,73,74)/b7-5-,13-11-,18-16-,19-17-,24-22-,25-23-,29-28-,32-31-,35-34-. The van der Waals surface area contributed by atoms with Gasteiger partial charge in [-0.05, 0) is 103 Å². The lowest BCUT2D eigenvalue weighted by Crippen LogP contribution is -2.29. The lowest BCUT2D eigenvalue weighted by atomic mass is 10.0. The van der Waals surface area contributed by atoms with Crippen molar-refractivity contribution in [2.45, 2.75) is 290 Å². The number of rotatable bonds is 60. The zero-order valence-corrected chi connectivity index (χ0v) is 51.7. The molecule has 0 spiro atoms. The second-order valence-electron chi connectivity index (χ2n) is 21.2. The fraction of sp³-hybridized carbons (Fsp3) is 0.710. The number of allylic oxidation sites excluding steroid dienone is 18. The van der Waals surface area contributed by atoms with Crippen molar-refractivity contribution in [2.24, 2.45) is 5.73 Å². The van der Waals surface area contributed by atoms with Crippen LogP contribution in [0.25, 0.3) is 0 Å². The molecule has 0 aromatic heterocycles. The molecule has 454 valence electrons. The summed E-state index contributed by atoms with van der Waals surface area (Å²) in [5.74, 6) is -0.828. The molecule has 9 nitrogen and oxygen atoms in total. The molecule has 2 unspecified atom stereocenters. The molecule has 0 rings (SSSR count). The molecule has 3 N–H and O–H groups in total. The highest BCUT2D eigenvalue weighted by molar-refractivity contribution is 7.47. The van der Waals surface area contributed by atoms with E-state index in [0.29, 0.717) is 6.42 Å². The van der Waals surface area contributed by atoms with Gasteiger partial charge in [0.1, 0.15) is 6.61 Å². The number of unbranched alkanes of at least 4 members (excludes halogenated alkanes) is 29. The normalized spacial score (nSPS) is 13.7. The summed E-state index contributed by atoms with van der Waals surface area (Å²) in [4.78, 5) is 35.3. The van der Waals surface area contributed by atoms with Crippen molar-refractivity contribution in [3.05, 3.63) is 109 Å². The van der Waals surface area contributed by atoms with Crippen molar-refractivity contribution >= 4 is 19.8 Å². The van der Waals surface area contributed by atoms with Gasteiger partial charge in [-0.1, -0.05) is 277 Å². The quantitative estimate of drug-likeness (QED) is 0.0264. The number of hydrogen-bond acceptors (Lipinski definition) is 8. The maximum absolute atomic E-state index is 12.7. The molecular formula is C69H120NO8P. The molecule has 0 aliphatic carbocycles. The van der Waals surface area contributed by atoms with Crippen LogP contribution in [0.5, 0.6) is 0 Å².